The Bertz CT molecular complexity index is 490. The van der Waals surface area contributed by atoms with E-state index in [9.17, 15) is 9.90 Å². The number of methoxy groups -OCH3 is 1. The number of carbonyl (C=O) groups excluding carboxylic acids is 1. The SMILES string of the molecule is COc1ccc(O)c(NC(=O)C2(C)CCCC2N)c1. The number of hydrogen-bond donors (Lipinski definition) is 3. The molecule has 5 nitrogen and oxygen atoms in total. The van der Waals surface area contributed by atoms with E-state index in [4.69, 9.17) is 10.5 Å². The molecule has 1 aliphatic carbocycles. The quantitative estimate of drug-likeness (QED) is 0.727. The number of ether oxygens (including phenoxy) is 1. The molecule has 0 bridgehead atoms. The number of phenols is 1. The molecule has 4 N–H and O–H groups in total. The second-order valence-corrected chi connectivity index (χ2v) is 5.25. The van der Waals surface area contributed by atoms with Gasteiger partial charge in [0.05, 0.1) is 18.2 Å². The number of amides is 1. The number of phenolic OH excluding ortho intramolecular Hbond substituents is 1. The van der Waals surface area contributed by atoms with Gasteiger partial charge in [-0.3, -0.25) is 4.79 Å². The molecule has 1 aliphatic rings. The van der Waals surface area contributed by atoms with Crippen LogP contribution in [0.4, 0.5) is 5.69 Å². The molecule has 0 radical (unpaired) electrons. The second kappa shape index (κ2) is 5.09. The van der Waals surface area contributed by atoms with Crippen LogP contribution < -0.4 is 15.8 Å². The molecule has 2 unspecified atom stereocenters. The van der Waals surface area contributed by atoms with Crippen molar-refractivity contribution in [1.82, 2.24) is 0 Å². The van der Waals surface area contributed by atoms with Crippen molar-refractivity contribution in [2.24, 2.45) is 11.1 Å². The molecule has 1 amide bonds. The van der Waals surface area contributed by atoms with Gasteiger partial charge in [-0.25, -0.2) is 0 Å². The first kappa shape index (κ1) is 13.7. The van der Waals surface area contributed by atoms with E-state index in [1.165, 1.54) is 13.2 Å². The summed E-state index contributed by atoms with van der Waals surface area (Å²) in [5, 5.41) is 12.5. The molecule has 19 heavy (non-hydrogen) atoms. The fourth-order valence-electron chi connectivity index (χ4n) is 2.48. The fourth-order valence-corrected chi connectivity index (χ4v) is 2.48. The van der Waals surface area contributed by atoms with Gasteiger partial charge >= 0.3 is 0 Å². The molecular formula is C14H20N2O3. The molecule has 0 heterocycles. The van der Waals surface area contributed by atoms with Crippen LogP contribution in [0.15, 0.2) is 18.2 Å². The summed E-state index contributed by atoms with van der Waals surface area (Å²) in [7, 11) is 1.53. The number of rotatable bonds is 3. The first-order valence-electron chi connectivity index (χ1n) is 6.41. The average Bonchev–Trinajstić information content (AvgIpc) is 2.73. The van der Waals surface area contributed by atoms with E-state index in [2.05, 4.69) is 5.32 Å². The van der Waals surface area contributed by atoms with Crippen molar-refractivity contribution in [2.75, 3.05) is 12.4 Å². The van der Waals surface area contributed by atoms with Crippen LogP contribution in [0.2, 0.25) is 0 Å². The monoisotopic (exact) mass is 264 g/mol. The lowest BCUT2D eigenvalue weighted by atomic mass is 9.84. The molecule has 0 spiro atoms. The molecule has 1 aromatic carbocycles. The van der Waals surface area contributed by atoms with E-state index in [0.717, 1.165) is 19.3 Å². The van der Waals surface area contributed by atoms with Crippen molar-refractivity contribution in [3.8, 4) is 11.5 Å². The maximum Gasteiger partial charge on any atom is 0.231 e. The van der Waals surface area contributed by atoms with Gasteiger partial charge in [-0.05, 0) is 31.9 Å². The van der Waals surface area contributed by atoms with E-state index >= 15 is 0 Å². The third kappa shape index (κ3) is 2.51. The highest BCUT2D eigenvalue weighted by atomic mass is 16.5. The van der Waals surface area contributed by atoms with E-state index in [-0.39, 0.29) is 17.7 Å². The van der Waals surface area contributed by atoms with Crippen LogP contribution in [0.3, 0.4) is 0 Å². The number of aromatic hydroxyl groups is 1. The first-order valence-corrected chi connectivity index (χ1v) is 6.41. The smallest absolute Gasteiger partial charge is 0.231 e. The zero-order valence-corrected chi connectivity index (χ0v) is 11.3. The van der Waals surface area contributed by atoms with Gasteiger partial charge in [0.25, 0.3) is 0 Å². The van der Waals surface area contributed by atoms with Crippen LogP contribution in [-0.4, -0.2) is 24.2 Å². The van der Waals surface area contributed by atoms with Gasteiger partial charge < -0.3 is 20.9 Å². The Morgan fingerprint density at radius 2 is 2.32 bits per heavy atom. The molecule has 0 saturated heterocycles. The maximum atomic E-state index is 12.4. The molecule has 1 fully saturated rings. The van der Waals surface area contributed by atoms with Gasteiger partial charge in [-0.1, -0.05) is 6.42 Å². The Morgan fingerprint density at radius 3 is 2.89 bits per heavy atom. The number of anilines is 1. The molecule has 2 rings (SSSR count). The van der Waals surface area contributed by atoms with Gasteiger partial charge in [0.1, 0.15) is 11.5 Å². The zero-order valence-electron chi connectivity index (χ0n) is 11.3. The van der Waals surface area contributed by atoms with Gasteiger partial charge in [0.2, 0.25) is 5.91 Å². The molecular weight excluding hydrogens is 244 g/mol. The largest absolute Gasteiger partial charge is 0.506 e. The predicted octanol–water partition coefficient (Wildman–Crippen LogP) is 1.86. The van der Waals surface area contributed by atoms with Crippen molar-refractivity contribution >= 4 is 11.6 Å². The molecule has 0 aliphatic heterocycles. The van der Waals surface area contributed by atoms with Crippen molar-refractivity contribution < 1.29 is 14.6 Å². The van der Waals surface area contributed by atoms with Crippen molar-refractivity contribution in [1.29, 1.82) is 0 Å². The molecule has 1 saturated carbocycles. The van der Waals surface area contributed by atoms with Crippen LogP contribution in [-0.2, 0) is 4.79 Å². The lowest BCUT2D eigenvalue weighted by molar-refractivity contribution is -0.125. The summed E-state index contributed by atoms with van der Waals surface area (Å²) in [5.41, 5.74) is 5.79. The maximum absolute atomic E-state index is 12.4. The highest BCUT2D eigenvalue weighted by molar-refractivity contribution is 5.97. The summed E-state index contributed by atoms with van der Waals surface area (Å²) >= 11 is 0. The molecule has 104 valence electrons. The van der Waals surface area contributed by atoms with E-state index in [1.54, 1.807) is 12.1 Å². The molecule has 1 aromatic rings. The van der Waals surface area contributed by atoms with Crippen molar-refractivity contribution in [3.63, 3.8) is 0 Å². The van der Waals surface area contributed by atoms with Crippen LogP contribution >= 0.6 is 0 Å². The topological polar surface area (TPSA) is 84.6 Å². The minimum absolute atomic E-state index is 0.0179. The number of benzene rings is 1. The number of carbonyl (C=O) groups is 1. The average molecular weight is 264 g/mol. The Kier molecular flexibility index (Phi) is 3.66. The van der Waals surface area contributed by atoms with E-state index in [1.807, 2.05) is 6.92 Å². The highest BCUT2D eigenvalue weighted by Gasteiger charge is 2.43. The predicted molar refractivity (Wildman–Crippen MR) is 73.2 cm³/mol. The summed E-state index contributed by atoms with van der Waals surface area (Å²) in [6, 6.07) is 4.58. The van der Waals surface area contributed by atoms with Gasteiger partial charge in [0.15, 0.2) is 0 Å². The third-order valence-corrected chi connectivity index (χ3v) is 4.00. The Morgan fingerprint density at radius 1 is 1.58 bits per heavy atom. The molecule has 2 atom stereocenters. The molecule has 0 aromatic heterocycles. The standard InChI is InChI=1S/C14H20N2O3/c1-14(7-3-4-12(14)15)13(18)16-10-8-9(19-2)5-6-11(10)17/h5-6,8,12,17H,3-4,7,15H2,1-2H3,(H,16,18). The van der Waals surface area contributed by atoms with Crippen molar-refractivity contribution in [2.45, 2.75) is 32.2 Å². The van der Waals surface area contributed by atoms with Crippen LogP contribution in [0.5, 0.6) is 11.5 Å². The summed E-state index contributed by atoms with van der Waals surface area (Å²) in [6.45, 7) is 1.87. The molecule has 5 heteroatoms. The fraction of sp³-hybridized carbons (Fsp3) is 0.500. The summed E-state index contributed by atoms with van der Waals surface area (Å²) in [4.78, 5) is 12.4. The second-order valence-electron chi connectivity index (χ2n) is 5.25. The number of nitrogens with one attached hydrogen (secondary N) is 1. The Hall–Kier alpha value is -1.75. The minimum Gasteiger partial charge on any atom is -0.506 e. The van der Waals surface area contributed by atoms with Gasteiger partial charge in [0, 0.05) is 12.1 Å². The highest BCUT2D eigenvalue weighted by Crippen LogP contribution is 2.38. The van der Waals surface area contributed by atoms with Crippen LogP contribution in [0, 0.1) is 5.41 Å². The van der Waals surface area contributed by atoms with Gasteiger partial charge in [-0.2, -0.15) is 0 Å². The van der Waals surface area contributed by atoms with E-state index < -0.39 is 5.41 Å². The minimum atomic E-state index is -0.574. The lowest BCUT2D eigenvalue weighted by Crippen LogP contribution is -2.44. The number of hydrogen-bond acceptors (Lipinski definition) is 4. The summed E-state index contributed by atoms with van der Waals surface area (Å²) < 4.78 is 5.08. The van der Waals surface area contributed by atoms with Crippen molar-refractivity contribution in [3.05, 3.63) is 18.2 Å². The van der Waals surface area contributed by atoms with Gasteiger partial charge in [-0.15, -0.1) is 0 Å². The Labute approximate surface area is 112 Å². The lowest BCUT2D eigenvalue weighted by Gasteiger charge is -2.27. The van der Waals surface area contributed by atoms with E-state index in [0.29, 0.717) is 11.4 Å². The number of nitrogens with two attached hydrogens (primary N) is 1. The third-order valence-electron chi connectivity index (χ3n) is 4.00. The Balaban J connectivity index is 2.19. The zero-order chi connectivity index (χ0) is 14.0. The summed E-state index contributed by atoms with van der Waals surface area (Å²) in [6.07, 6.45) is 2.58. The normalized spacial score (nSPS) is 26.2. The first-order chi connectivity index (χ1) is 8.97. The van der Waals surface area contributed by atoms with Crippen LogP contribution in [0.25, 0.3) is 0 Å². The summed E-state index contributed by atoms with van der Waals surface area (Å²) in [5.74, 6) is 0.444. The van der Waals surface area contributed by atoms with Crippen LogP contribution in [0.1, 0.15) is 26.2 Å².